The van der Waals surface area contributed by atoms with E-state index >= 15 is 0 Å². The van der Waals surface area contributed by atoms with Crippen LogP contribution >= 0.6 is 0 Å². The maximum absolute atomic E-state index is 11.2. The summed E-state index contributed by atoms with van der Waals surface area (Å²) in [5.41, 5.74) is 3.67. The lowest BCUT2D eigenvalue weighted by atomic mass is 9.87. The molecule has 1 unspecified atom stereocenters. The highest BCUT2D eigenvalue weighted by Gasteiger charge is 2.26. The molecule has 22 heavy (non-hydrogen) atoms. The summed E-state index contributed by atoms with van der Waals surface area (Å²) in [6.45, 7) is 5.62. The second-order valence-electron chi connectivity index (χ2n) is 5.76. The molecule has 3 rings (SSSR count). The Morgan fingerprint density at radius 1 is 1.36 bits per heavy atom. The molecular formula is C17H19N3O2. The van der Waals surface area contributed by atoms with Crippen molar-refractivity contribution in [2.24, 2.45) is 0 Å². The molecule has 1 aliphatic rings. The third-order valence-electron chi connectivity index (χ3n) is 4.17. The molecule has 0 aliphatic carbocycles. The van der Waals surface area contributed by atoms with Gasteiger partial charge in [0.1, 0.15) is 0 Å². The lowest BCUT2D eigenvalue weighted by Crippen LogP contribution is -2.34. The number of aromatic nitrogens is 2. The number of aryl methyl sites for hydroxylation is 1. The van der Waals surface area contributed by atoms with Crippen LogP contribution in [0.4, 0.5) is 5.95 Å². The van der Waals surface area contributed by atoms with Gasteiger partial charge in [-0.3, -0.25) is 0 Å². The van der Waals surface area contributed by atoms with Gasteiger partial charge in [-0.2, -0.15) is 0 Å². The van der Waals surface area contributed by atoms with Crippen molar-refractivity contribution in [3.8, 4) is 0 Å². The van der Waals surface area contributed by atoms with E-state index in [9.17, 15) is 9.90 Å². The zero-order valence-electron chi connectivity index (χ0n) is 12.8. The number of carboxylic acids is 1. The van der Waals surface area contributed by atoms with Gasteiger partial charge < -0.3 is 10.0 Å². The van der Waals surface area contributed by atoms with Crippen molar-refractivity contribution >= 4 is 11.9 Å². The molecule has 1 N–H and O–H groups in total. The van der Waals surface area contributed by atoms with Crippen LogP contribution in [0.15, 0.2) is 30.6 Å². The number of benzene rings is 1. The highest BCUT2D eigenvalue weighted by Crippen LogP contribution is 2.32. The fourth-order valence-electron chi connectivity index (χ4n) is 2.96. The monoisotopic (exact) mass is 297 g/mol. The topological polar surface area (TPSA) is 66.3 Å². The van der Waals surface area contributed by atoms with Crippen molar-refractivity contribution in [3.05, 3.63) is 52.8 Å². The van der Waals surface area contributed by atoms with E-state index in [1.54, 1.807) is 12.1 Å². The van der Waals surface area contributed by atoms with Gasteiger partial charge >= 0.3 is 5.97 Å². The zero-order valence-corrected chi connectivity index (χ0v) is 12.8. The van der Waals surface area contributed by atoms with Crippen LogP contribution in [-0.2, 0) is 6.54 Å². The fourth-order valence-corrected chi connectivity index (χ4v) is 2.96. The van der Waals surface area contributed by atoms with Gasteiger partial charge in [-0.25, -0.2) is 14.8 Å². The Morgan fingerprint density at radius 3 is 2.73 bits per heavy atom. The molecule has 114 valence electrons. The fraction of sp³-hybridized carbons (Fsp3) is 0.353. The standard InChI is InChI=1S/C17H19N3O2/c1-3-12-9-20(17-18-7-11(2)8-19-17)10-14-6-13(16(21)22)4-5-15(12)14/h4-8,12H,3,9-10H2,1-2H3,(H,21,22). The van der Waals surface area contributed by atoms with E-state index < -0.39 is 5.97 Å². The molecule has 0 bridgehead atoms. The molecule has 0 saturated heterocycles. The van der Waals surface area contributed by atoms with Crippen molar-refractivity contribution in [1.29, 1.82) is 0 Å². The van der Waals surface area contributed by atoms with Gasteiger partial charge in [-0.1, -0.05) is 13.0 Å². The molecule has 1 aromatic heterocycles. The molecular weight excluding hydrogens is 278 g/mol. The van der Waals surface area contributed by atoms with Crippen molar-refractivity contribution in [3.63, 3.8) is 0 Å². The van der Waals surface area contributed by atoms with Crippen LogP contribution in [0.25, 0.3) is 0 Å². The van der Waals surface area contributed by atoms with Gasteiger partial charge in [0.2, 0.25) is 5.95 Å². The Kier molecular flexibility index (Phi) is 3.79. The van der Waals surface area contributed by atoms with E-state index in [4.69, 9.17) is 0 Å². The number of carbonyl (C=O) groups is 1. The second-order valence-corrected chi connectivity index (χ2v) is 5.76. The lowest BCUT2D eigenvalue weighted by Gasteiger charge is -2.34. The van der Waals surface area contributed by atoms with Crippen LogP contribution in [0.2, 0.25) is 0 Å². The third-order valence-corrected chi connectivity index (χ3v) is 4.17. The first-order valence-electron chi connectivity index (χ1n) is 7.48. The molecule has 0 saturated carbocycles. The largest absolute Gasteiger partial charge is 0.478 e. The number of hydrogen-bond acceptors (Lipinski definition) is 4. The SMILES string of the molecule is CCC1CN(c2ncc(C)cn2)Cc2cc(C(=O)O)ccc21. The molecule has 2 aromatic rings. The van der Waals surface area contributed by atoms with E-state index in [0.29, 0.717) is 24.0 Å². The highest BCUT2D eigenvalue weighted by atomic mass is 16.4. The number of rotatable bonds is 3. The average molecular weight is 297 g/mol. The molecule has 1 aliphatic heterocycles. The normalized spacial score (nSPS) is 17.2. The first kappa shape index (κ1) is 14.5. The molecule has 5 heteroatoms. The predicted molar refractivity (Wildman–Crippen MR) is 84.3 cm³/mol. The number of hydrogen-bond donors (Lipinski definition) is 1. The van der Waals surface area contributed by atoms with Gasteiger partial charge in [0, 0.05) is 31.4 Å². The molecule has 0 radical (unpaired) electrons. The third kappa shape index (κ3) is 2.66. The number of carboxylic acid groups (broad SMARTS) is 1. The van der Waals surface area contributed by atoms with Crippen LogP contribution in [0.1, 0.15) is 46.3 Å². The van der Waals surface area contributed by atoms with E-state index in [-0.39, 0.29) is 0 Å². The van der Waals surface area contributed by atoms with E-state index in [2.05, 4.69) is 21.8 Å². The summed E-state index contributed by atoms with van der Waals surface area (Å²) in [7, 11) is 0. The number of fused-ring (bicyclic) bond motifs is 1. The van der Waals surface area contributed by atoms with Crippen LogP contribution in [0, 0.1) is 6.92 Å². The zero-order chi connectivity index (χ0) is 15.7. The Balaban J connectivity index is 1.97. The highest BCUT2D eigenvalue weighted by molar-refractivity contribution is 5.88. The second kappa shape index (κ2) is 5.75. The number of nitrogens with zero attached hydrogens (tertiary/aromatic N) is 3. The molecule has 1 aromatic carbocycles. The summed E-state index contributed by atoms with van der Waals surface area (Å²) in [6, 6.07) is 5.43. The minimum absolute atomic E-state index is 0.334. The smallest absolute Gasteiger partial charge is 0.335 e. The average Bonchev–Trinajstić information content (AvgIpc) is 2.53. The summed E-state index contributed by atoms with van der Waals surface area (Å²) in [5.74, 6) is 0.187. The van der Waals surface area contributed by atoms with Gasteiger partial charge in [0.05, 0.1) is 5.56 Å². The summed E-state index contributed by atoms with van der Waals surface area (Å²) >= 11 is 0. The van der Waals surface area contributed by atoms with Crippen molar-refractivity contribution < 1.29 is 9.90 Å². The van der Waals surface area contributed by atoms with Gasteiger partial charge in [0.15, 0.2) is 0 Å². The predicted octanol–water partition coefficient (Wildman–Crippen LogP) is 3.00. The van der Waals surface area contributed by atoms with Gasteiger partial charge in [0.25, 0.3) is 0 Å². The van der Waals surface area contributed by atoms with Crippen LogP contribution < -0.4 is 4.90 Å². The summed E-state index contributed by atoms with van der Waals surface area (Å²) < 4.78 is 0. The van der Waals surface area contributed by atoms with Crippen LogP contribution in [0.5, 0.6) is 0 Å². The van der Waals surface area contributed by atoms with Gasteiger partial charge in [-0.15, -0.1) is 0 Å². The number of aromatic carboxylic acids is 1. The maximum atomic E-state index is 11.2. The minimum atomic E-state index is -0.889. The van der Waals surface area contributed by atoms with Crippen LogP contribution in [-0.4, -0.2) is 27.6 Å². The Bertz CT molecular complexity index is 698. The molecule has 1 atom stereocenters. The molecule has 0 fully saturated rings. The van der Waals surface area contributed by atoms with E-state index in [1.807, 2.05) is 25.4 Å². The minimum Gasteiger partial charge on any atom is -0.478 e. The molecule has 0 amide bonds. The first-order valence-corrected chi connectivity index (χ1v) is 7.48. The Hall–Kier alpha value is -2.43. The first-order chi connectivity index (χ1) is 10.6. The molecule has 0 spiro atoms. The Labute approximate surface area is 129 Å². The van der Waals surface area contributed by atoms with Crippen molar-refractivity contribution in [2.45, 2.75) is 32.7 Å². The van der Waals surface area contributed by atoms with E-state index in [0.717, 1.165) is 24.1 Å². The Morgan fingerprint density at radius 2 is 2.09 bits per heavy atom. The lowest BCUT2D eigenvalue weighted by molar-refractivity contribution is 0.0696. The molecule has 2 heterocycles. The summed E-state index contributed by atoms with van der Waals surface area (Å²) in [6.07, 6.45) is 4.63. The number of anilines is 1. The van der Waals surface area contributed by atoms with Crippen molar-refractivity contribution in [2.75, 3.05) is 11.4 Å². The quantitative estimate of drug-likeness (QED) is 0.943. The maximum Gasteiger partial charge on any atom is 0.335 e. The van der Waals surface area contributed by atoms with Crippen molar-refractivity contribution in [1.82, 2.24) is 9.97 Å². The summed E-state index contributed by atoms with van der Waals surface area (Å²) in [4.78, 5) is 22.1. The van der Waals surface area contributed by atoms with Crippen LogP contribution in [0.3, 0.4) is 0 Å². The molecule has 5 nitrogen and oxygen atoms in total. The van der Waals surface area contributed by atoms with Gasteiger partial charge in [-0.05, 0) is 42.2 Å². The summed E-state index contributed by atoms with van der Waals surface area (Å²) in [5, 5.41) is 9.18. The van der Waals surface area contributed by atoms with E-state index in [1.165, 1.54) is 5.56 Å².